The first kappa shape index (κ1) is 17.4. The summed E-state index contributed by atoms with van der Waals surface area (Å²) in [5.41, 5.74) is 2.96. The van der Waals surface area contributed by atoms with Crippen LogP contribution >= 0.6 is 15.9 Å². The van der Waals surface area contributed by atoms with Crippen molar-refractivity contribution in [3.05, 3.63) is 88.9 Å². The van der Waals surface area contributed by atoms with Gasteiger partial charge >= 0.3 is 0 Å². The first-order valence-corrected chi connectivity index (χ1v) is 9.33. The number of halogens is 1. The summed E-state index contributed by atoms with van der Waals surface area (Å²) >= 11 is 3.50. The van der Waals surface area contributed by atoms with E-state index < -0.39 is 0 Å². The first-order valence-electron chi connectivity index (χ1n) is 8.54. The van der Waals surface area contributed by atoms with Crippen molar-refractivity contribution >= 4 is 32.7 Å². The number of hydrogen-bond donors (Lipinski definition) is 1. The Morgan fingerprint density at radius 2 is 1.81 bits per heavy atom. The Labute approximate surface area is 165 Å². The van der Waals surface area contributed by atoms with Crippen LogP contribution in [0.2, 0.25) is 0 Å². The van der Waals surface area contributed by atoms with Crippen LogP contribution in [0.1, 0.15) is 11.3 Å². The Balaban J connectivity index is 1.40. The van der Waals surface area contributed by atoms with Crippen LogP contribution in [-0.4, -0.2) is 15.0 Å². The van der Waals surface area contributed by atoms with Gasteiger partial charge in [0, 0.05) is 22.6 Å². The zero-order chi connectivity index (χ0) is 18.5. The van der Waals surface area contributed by atoms with Crippen molar-refractivity contribution in [2.24, 2.45) is 0 Å². The molecule has 134 valence electrons. The number of rotatable bonds is 6. The molecule has 0 fully saturated rings. The molecular formula is C21H17BrN4O. The molecule has 6 heteroatoms. The molecule has 0 radical (unpaired) electrons. The Bertz CT molecular complexity index is 1040. The van der Waals surface area contributed by atoms with E-state index in [0.717, 1.165) is 38.2 Å². The molecule has 27 heavy (non-hydrogen) atoms. The smallest absolute Gasteiger partial charge is 0.137 e. The minimum Gasteiger partial charge on any atom is -0.487 e. The van der Waals surface area contributed by atoms with Gasteiger partial charge in [0.1, 0.15) is 24.5 Å². The van der Waals surface area contributed by atoms with Gasteiger partial charge in [-0.05, 0) is 48.0 Å². The topological polar surface area (TPSA) is 59.9 Å². The van der Waals surface area contributed by atoms with Gasteiger partial charge in [0.05, 0.1) is 11.2 Å². The fourth-order valence-electron chi connectivity index (χ4n) is 2.70. The Morgan fingerprint density at radius 1 is 0.926 bits per heavy atom. The van der Waals surface area contributed by atoms with Crippen molar-refractivity contribution in [1.29, 1.82) is 0 Å². The van der Waals surface area contributed by atoms with Gasteiger partial charge < -0.3 is 10.1 Å². The third kappa shape index (κ3) is 4.41. The van der Waals surface area contributed by atoms with Crippen molar-refractivity contribution in [3.63, 3.8) is 0 Å². The monoisotopic (exact) mass is 420 g/mol. The number of hydrogen-bond acceptors (Lipinski definition) is 5. The lowest BCUT2D eigenvalue weighted by atomic mass is 10.2. The molecule has 1 N–H and O–H groups in total. The molecule has 0 saturated carbocycles. The van der Waals surface area contributed by atoms with Crippen LogP contribution in [0.25, 0.3) is 10.9 Å². The zero-order valence-corrected chi connectivity index (χ0v) is 16.1. The molecular weight excluding hydrogens is 404 g/mol. The number of fused-ring (bicyclic) bond motifs is 1. The van der Waals surface area contributed by atoms with Crippen molar-refractivity contribution < 1.29 is 4.74 Å². The highest BCUT2D eigenvalue weighted by Crippen LogP contribution is 2.24. The van der Waals surface area contributed by atoms with E-state index in [0.29, 0.717) is 13.2 Å². The van der Waals surface area contributed by atoms with E-state index in [-0.39, 0.29) is 0 Å². The van der Waals surface area contributed by atoms with Crippen molar-refractivity contribution in [2.75, 3.05) is 5.32 Å². The molecule has 4 rings (SSSR count). The summed E-state index contributed by atoms with van der Waals surface area (Å²) in [6, 6.07) is 19.8. The Hall–Kier alpha value is -2.99. The van der Waals surface area contributed by atoms with Gasteiger partial charge in [-0.1, -0.05) is 34.1 Å². The van der Waals surface area contributed by atoms with Gasteiger partial charge in [0.15, 0.2) is 0 Å². The average molecular weight is 421 g/mol. The van der Waals surface area contributed by atoms with Crippen LogP contribution in [0.3, 0.4) is 0 Å². The standard InChI is InChI=1S/C21H17BrN4O/c22-16-6-9-20-19(11-16)21(26-14-25-20)24-12-15-4-7-18(8-5-15)27-13-17-3-1-2-10-23-17/h1-11,14H,12-13H2,(H,24,25,26). The lowest BCUT2D eigenvalue weighted by Gasteiger charge is -2.10. The van der Waals surface area contributed by atoms with Crippen LogP contribution in [-0.2, 0) is 13.2 Å². The largest absolute Gasteiger partial charge is 0.487 e. The Kier molecular flexibility index (Phi) is 5.25. The van der Waals surface area contributed by atoms with Crippen molar-refractivity contribution in [3.8, 4) is 5.75 Å². The van der Waals surface area contributed by atoms with E-state index >= 15 is 0 Å². The summed E-state index contributed by atoms with van der Waals surface area (Å²) in [5.74, 6) is 1.64. The molecule has 0 amide bonds. The van der Waals surface area contributed by atoms with Gasteiger partial charge in [-0.2, -0.15) is 0 Å². The number of anilines is 1. The molecule has 2 heterocycles. The summed E-state index contributed by atoms with van der Waals surface area (Å²) in [6.07, 6.45) is 3.34. The lowest BCUT2D eigenvalue weighted by molar-refractivity contribution is 0.301. The highest BCUT2D eigenvalue weighted by Gasteiger charge is 2.04. The van der Waals surface area contributed by atoms with E-state index in [9.17, 15) is 0 Å². The van der Waals surface area contributed by atoms with Gasteiger partial charge in [0.2, 0.25) is 0 Å². The van der Waals surface area contributed by atoms with Crippen LogP contribution in [0, 0.1) is 0 Å². The molecule has 0 bridgehead atoms. The van der Waals surface area contributed by atoms with E-state index in [1.165, 1.54) is 0 Å². The maximum Gasteiger partial charge on any atom is 0.137 e. The lowest BCUT2D eigenvalue weighted by Crippen LogP contribution is -2.03. The Morgan fingerprint density at radius 3 is 2.63 bits per heavy atom. The molecule has 2 aromatic heterocycles. The minimum absolute atomic E-state index is 0.459. The number of nitrogens with zero attached hydrogens (tertiary/aromatic N) is 3. The fraction of sp³-hybridized carbons (Fsp3) is 0.0952. The molecule has 5 nitrogen and oxygen atoms in total. The number of ether oxygens (including phenoxy) is 1. The highest BCUT2D eigenvalue weighted by molar-refractivity contribution is 9.10. The molecule has 0 aliphatic rings. The molecule has 0 aliphatic carbocycles. The fourth-order valence-corrected chi connectivity index (χ4v) is 3.06. The predicted octanol–water partition coefficient (Wildman–Crippen LogP) is 4.98. The van der Waals surface area contributed by atoms with E-state index in [2.05, 4.69) is 36.2 Å². The molecule has 0 unspecified atom stereocenters. The molecule has 4 aromatic rings. The molecule has 0 saturated heterocycles. The number of pyridine rings is 1. The SMILES string of the molecule is Brc1ccc2ncnc(NCc3ccc(OCc4ccccn4)cc3)c2c1. The minimum atomic E-state index is 0.459. The summed E-state index contributed by atoms with van der Waals surface area (Å²) < 4.78 is 6.77. The normalized spacial score (nSPS) is 10.7. The molecule has 0 aliphatic heterocycles. The number of benzene rings is 2. The third-order valence-electron chi connectivity index (χ3n) is 4.09. The van der Waals surface area contributed by atoms with Gasteiger partial charge in [0.25, 0.3) is 0 Å². The second kappa shape index (κ2) is 8.14. The van der Waals surface area contributed by atoms with Crippen molar-refractivity contribution in [2.45, 2.75) is 13.2 Å². The van der Waals surface area contributed by atoms with E-state index in [1.54, 1.807) is 12.5 Å². The van der Waals surface area contributed by atoms with Gasteiger partial charge in [-0.15, -0.1) is 0 Å². The summed E-state index contributed by atoms with van der Waals surface area (Å²) in [4.78, 5) is 12.9. The second-order valence-corrected chi connectivity index (χ2v) is 6.91. The molecule has 0 spiro atoms. The highest BCUT2D eigenvalue weighted by atomic mass is 79.9. The summed E-state index contributed by atoms with van der Waals surface area (Å²) in [6.45, 7) is 1.12. The first-order chi connectivity index (χ1) is 13.3. The number of aromatic nitrogens is 3. The van der Waals surface area contributed by atoms with E-state index in [4.69, 9.17) is 4.74 Å². The maximum atomic E-state index is 5.77. The average Bonchev–Trinajstić information content (AvgIpc) is 2.72. The predicted molar refractivity (Wildman–Crippen MR) is 110 cm³/mol. The van der Waals surface area contributed by atoms with E-state index in [1.807, 2.05) is 60.7 Å². The quantitative estimate of drug-likeness (QED) is 0.476. The molecule has 0 atom stereocenters. The third-order valence-corrected chi connectivity index (χ3v) is 4.59. The van der Waals surface area contributed by atoms with Crippen LogP contribution in [0.5, 0.6) is 5.75 Å². The van der Waals surface area contributed by atoms with Crippen LogP contribution in [0.15, 0.2) is 77.7 Å². The van der Waals surface area contributed by atoms with Crippen molar-refractivity contribution in [1.82, 2.24) is 15.0 Å². The van der Waals surface area contributed by atoms with Crippen LogP contribution < -0.4 is 10.1 Å². The zero-order valence-electron chi connectivity index (χ0n) is 14.5. The van der Waals surface area contributed by atoms with Gasteiger partial charge in [-0.3, -0.25) is 4.98 Å². The van der Waals surface area contributed by atoms with Crippen LogP contribution in [0.4, 0.5) is 5.82 Å². The second-order valence-electron chi connectivity index (χ2n) is 5.99. The summed E-state index contributed by atoms with van der Waals surface area (Å²) in [7, 11) is 0. The summed E-state index contributed by atoms with van der Waals surface area (Å²) in [5, 5.41) is 4.37. The maximum absolute atomic E-state index is 5.77. The number of nitrogens with one attached hydrogen (secondary N) is 1. The van der Waals surface area contributed by atoms with Gasteiger partial charge in [-0.25, -0.2) is 9.97 Å². The molecule has 2 aromatic carbocycles.